The van der Waals surface area contributed by atoms with Gasteiger partial charge in [-0.15, -0.1) is 11.3 Å². The second-order valence-corrected chi connectivity index (χ2v) is 7.17. The van der Waals surface area contributed by atoms with Crippen LogP contribution in [0.3, 0.4) is 0 Å². The summed E-state index contributed by atoms with van der Waals surface area (Å²) in [6, 6.07) is 14.3. The summed E-state index contributed by atoms with van der Waals surface area (Å²) in [5.41, 5.74) is 6.68. The standard InChI is InChI=1S/C22H21N3O4S/c1-4-12-29-17-11-10-16(13-18(17)28-3)20(26)24-25-21(27)19-14(2)23-22(30-19)15-8-6-5-7-9-15/h4-11,13H,1,12H2,2-3H3,(H,24,26)(H,25,27). The number of nitrogens with zero attached hydrogens (tertiary/aromatic N) is 1. The first kappa shape index (κ1) is 21.1. The number of carbonyl (C=O) groups excluding carboxylic acids is 2. The molecule has 8 heteroatoms. The molecule has 0 aliphatic carbocycles. The summed E-state index contributed by atoms with van der Waals surface area (Å²) in [6.45, 7) is 5.67. The predicted molar refractivity (Wildman–Crippen MR) is 116 cm³/mol. The largest absolute Gasteiger partial charge is 0.493 e. The van der Waals surface area contributed by atoms with Gasteiger partial charge in [-0.25, -0.2) is 4.98 Å². The highest BCUT2D eigenvalue weighted by Crippen LogP contribution is 2.29. The molecule has 0 atom stereocenters. The lowest BCUT2D eigenvalue weighted by Crippen LogP contribution is -2.41. The van der Waals surface area contributed by atoms with Crippen LogP contribution in [0.15, 0.2) is 61.2 Å². The molecule has 3 aromatic rings. The summed E-state index contributed by atoms with van der Waals surface area (Å²) in [5.74, 6) is -0.0193. The van der Waals surface area contributed by atoms with Crippen LogP contribution in [0.2, 0.25) is 0 Å². The number of carbonyl (C=O) groups is 2. The molecule has 0 aliphatic heterocycles. The molecule has 0 spiro atoms. The van der Waals surface area contributed by atoms with Gasteiger partial charge in [-0.2, -0.15) is 0 Å². The number of hydrogen-bond donors (Lipinski definition) is 2. The first-order chi connectivity index (χ1) is 14.5. The molecular weight excluding hydrogens is 402 g/mol. The Morgan fingerprint density at radius 1 is 1.10 bits per heavy atom. The van der Waals surface area contributed by atoms with Crippen LogP contribution < -0.4 is 20.3 Å². The van der Waals surface area contributed by atoms with Gasteiger partial charge < -0.3 is 9.47 Å². The predicted octanol–water partition coefficient (Wildman–Crippen LogP) is 3.77. The van der Waals surface area contributed by atoms with E-state index in [2.05, 4.69) is 22.4 Å². The lowest BCUT2D eigenvalue weighted by atomic mass is 10.2. The number of amides is 2. The Labute approximate surface area is 178 Å². The molecule has 0 radical (unpaired) electrons. The smallest absolute Gasteiger partial charge is 0.281 e. The van der Waals surface area contributed by atoms with Gasteiger partial charge in [0.25, 0.3) is 11.8 Å². The Morgan fingerprint density at radius 2 is 1.83 bits per heavy atom. The van der Waals surface area contributed by atoms with Crippen LogP contribution in [-0.2, 0) is 0 Å². The molecule has 1 aromatic heterocycles. The van der Waals surface area contributed by atoms with Gasteiger partial charge in [0, 0.05) is 11.1 Å². The number of methoxy groups -OCH3 is 1. The summed E-state index contributed by atoms with van der Waals surface area (Å²) in [5, 5.41) is 0.740. The zero-order valence-electron chi connectivity index (χ0n) is 16.6. The molecule has 154 valence electrons. The highest BCUT2D eigenvalue weighted by atomic mass is 32.1. The number of rotatable bonds is 7. The van der Waals surface area contributed by atoms with Crippen molar-refractivity contribution < 1.29 is 19.1 Å². The van der Waals surface area contributed by atoms with Crippen LogP contribution in [0.4, 0.5) is 0 Å². The van der Waals surface area contributed by atoms with E-state index in [0.717, 1.165) is 10.6 Å². The SMILES string of the molecule is C=CCOc1ccc(C(=O)NNC(=O)c2sc(-c3ccccc3)nc2C)cc1OC. The number of nitrogens with one attached hydrogen (secondary N) is 2. The minimum Gasteiger partial charge on any atom is -0.493 e. The third kappa shape index (κ3) is 4.84. The van der Waals surface area contributed by atoms with Gasteiger partial charge in [-0.05, 0) is 25.1 Å². The number of aromatic nitrogens is 1. The minimum atomic E-state index is -0.484. The highest BCUT2D eigenvalue weighted by molar-refractivity contribution is 7.17. The van der Waals surface area contributed by atoms with Gasteiger partial charge >= 0.3 is 0 Å². The van der Waals surface area contributed by atoms with Crippen molar-refractivity contribution >= 4 is 23.2 Å². The highest BCUT2D eigenvalue weighted by Gasteiger charge is 2.18. The van der Waals surface area contributed by atoms with E-state index in [1.165, 1.54) is 24.5 Å². The molecule has 0 fully saturated rings. The fraction of sp³-hybridized carbons (Fsp3) is 0.136. The maximum Gasteiger partial charge on any atom is 0.281 e. The zero-order chi connectivity index (χ0) is 21.5. The molecule has 2 amide bonds. The molecule has 1 heterocycles. The molecule has 2 aromatic carbocycles. The van der Waals surface area contributed by atoms with Gasteiger partial charge in [0.1, 0.15) is 16.5 Å². The average molecular weight is 423 g/mol. The zero-order valence-corrected chi connectivity index (χ0v) is 17.4. The lowest BCUT2D eigenvalue weighted by molar-refractivity contribution is 0.0848. The van der Waals surface area contributed by atoms with Crippen molar-refractivity contribution in [1.29, 1.82) is 0 Å². The normalized spacial score (nSPS) is 10.2. The maximum atomic E-state index is 12.5. The number of aryl methyl sites for hydroxylation is 1. The van der Waals surface area contributed by atoms with Crippen molar-refractivity contribution in [3.05, 3.63) is 77.3 Å². The van der Waals surface area contributed by atoms with E-state index in [1.54, 1.807) is 25.1 Å². The lowest BCUT2D eigenvalue weighted by Gasteiger charge is -2.11. The second kappa shape index (κ2) is 9.71. The number of thiazole rings is 1. The van der Waals surface area contributed by atoms with Crippen LogP contribution >= 0.6 is 11.3 Å². The maximum absolute atomic E-state index is 12.5. The van der Waals surface area contributed by atoms with Crippen molar-refractivity contribution in [1.82, 2.24) is 15.8 Å². The van der Waals surface area contributed by atoms with Gasteiger partial charge in [0.05, 0.1) is 12.8 Å². The van der Waals surface area contributed by atoms with Crippen molar-refractivity contribution in [2.24, 2.45) is 0 Å². The Hall–Kier alpha value is -3.65. The summed E-state index contributed by atoms with van der Waals surface area (Å²) >= 11 is 1.26. The Morgan fingerprint density at radius 3 is 2.53 bits per heavy atom. The molecule has 0 saturated heterocycles. The molecule has 0 aliphatic rings. The van der Waals surface area contributed by atoms with E-state index in [1.807, 2.05) is 30.3 Å². The van der Waals surface area contributed by atoms with Crippen molar-refractivity contribution in [3.8, 4) is 22.1 Å². The Kier molecular flexibility index (Phi) is 6.82. The number of benzene rings is 2. The Balaban J connectivity index is 1.67. The van der Waals surface area contributed by atoms with E-state index < -0.39 is 11.8 Å². The summed E-state index contributed by atoms with van der Waals surface area (Å²) in [6.07, 6.45) is 1.61. The first-order valence-corrected chi connectivity index (χ1v) is 9.90. The van der Waals surface area contributed by atoms with Crippen LogP contribution in [0, 0.1) is 6.92 Å². The quantitative estimate of drug-likeness (QED) is 0.446. The molecule has 2 N–H and O–H groups in total. The van der Waals surface area contributed by atoms with Crippen molar-refractivity contribution in [3.63, 3.8) is 0 Å². The van der Waals surface area contributed by atoms with E-state index in [4.69, 9.17) is 9.47 Å². The van der Waals surface area contributed by atoms with Gasteiger partial charge in [-0.1, -0.05) is 43.0 Å². The van der Waals surface area contributed by atoms with E-state index in [-0.39, 0.29) is 0 Å². The number of hydrazine groups is 1. The molecule has 0 bridgehead atoms. The van der Waals surface area contributed by atoms with Crippen LogP contribution in [0.25, 0.3) is 10.6 Å². The second-order valence-electron chi connectivity index (χ2n) is 6.17. The topological polar surface area (TPSA) is 89.6 Å². The molecule has 30 heavy (non-hydrogen) atoms. The van der Waals surface area contributed by atoms with Crippen LogP contribution in [-0.4, -0.2) is 30.5 Å². The van der Waals surface area contributed by atoms with Crippen LogP contribution in [0.5, 0.6) is 11.5 Å². The third-order valence-electron chi connectivity index (χ3n) is 4.10. The number of ether oxygens (including phenoxy) is 2. The van der Waals surface area contributed by atoms with Gasteiger partial charge in [0.2, 0.25) is 0 Å². The summed E-state index contributed by atoms with van der Waals surface area (Å²) < 4.78 is 10.7. The van der Waals surface area contributed by atoms with Crippen molar-refractivity contribution in [2.75, 3.05) is 13.7 Å². The molecule has 3 rings (SSSR count). The van der Waals surface area contributed by atoms with Crippen molar-refractivity contribution in [2.45, 2.75) is 6.92 Å². The minimum absolute atomic E-state index is 0.309. The summed E-state index contributed by atoms with van der Waals surface area (Å²) in [7, 11) is 1.48. The third-order valence-corrected chi connectivity index (χ3v) is 5.30. The fourth-order valence-electron chi connectivity index (χ4n) is 2.63. The Bertz CT molecular complexity index is 1060. The average Bonchev–Trinajstić information content (AvgIpc) is 3.18. The molecule has 0 unspecified atom stereocenters. The van der Waals surface area contributed by atoms with Gasteiger partial charge in [-0.3, -0.25) is 20.4 Å². The fourth-order valence-corrected chi connectivity index (χ4v) is 3.60. The number of hydrogen-bond acceptors (Lipinski definition) is 6. The van der Waals surface area contributed by atoms with E-state index >= 15 is 0 Å². The molecule has 0 saturated carbocycles. The van der Waals surface area contributed by atoms with E-state index in [0.29, 0.717) is 34.2 Å². The van der Waals surface area contributed by atoms with Crippen LogP contribution in [0.1, 0.15) is 25.7 Å². The monoisotopic (exact) mass is 423 g/mol. The molecule has 7 nitrogen and oxygen atoms in total. The van der Waals surface area contributed by atoms with E-state index in [9.17, 15) is 9.59 Å². The molecular formula is C22H21N3O4S. The first-order valence-electron chi connectivity index (χ1n) is 9.08. The summed E-state index contributed by atoms with van der Waals surface area (Å²) in [4.78, 5) is 29.8. The van der Waals surface area contributed by atoms with Gasteiger partial charge in [0.15, 0.2) is 11.5 Å².